The van der Waals surface area contributed by atoms with Gasteiger partial charge in [-0.2, -0.15) is 11.8 Å². The molecule has 5 heteroatoms. The predicted octanol–water partition coefficient (Wildman–Crippen LogP) is 1.65. The number of thioether (sulfide) groups is 1. The van der Waals surface area contributed by atoms with Gasteiger partial charge in [0.15, 0.2) is 0 Å². The van der Waals surface area contributed by atoms with Crippen LogP contribution in [0, 0.1) is 0 Å². The zero-order valence-corrected chi connectivity index (χ0v) is 9.30. The van der Waals surface area contributed by atoms with E-state index in [1.165, 1.54) is 6.33 Å². The number of anilines is 1. The third-order valence-electron chi connectivity index (χ3n) is 1.68. The first-order chi connectivity index (χ1) is 6.86. The van der Waals surface area contributed by atoms with E-state index >= 15 is 0 Å². The number of nitrogens with one attached hydrogen (secondary N) is 1. The van der Waals surface area contributed by atoms with Crippen molar-refractivity contribution in [2.24, 2.45) is 0 Å². The largest absolute Gasteiger partial charge is 0.481 e. The first kappa shape index (κ1) is 11.1. The molecule has 0 atom stereocenters. The first-order valence-electron chi connectivity index (χ1n) is 4.45. The summed E-state index contributed by atoms with van der Waals surface area (Å²) in [6.45, 7) is 0.932. The van der Waals surface area contributed by atoms with Crippen LogP contribution in [0.3, 0.4) is 0 Å². The lowest BCUT2D eigenvalue weighted by molar-refractivity contribution is 0.397. The van der Waals surface area contributed by atoms with Crippen LogP contribution in [0.15, 0.2) is 12.4 Å². The van der Waals surface area contributed by atoms with Crippen LogP contribution in [0.2, 0.25) is 0 Å². The Morgan fingerprint density at radius 3 is 3.07 bits per heavy atom. The van der Waals surface area contributed by atoms with E-state index in [0.29, 0.717) is 5.88 Å². The summed E-state index contributed by atoms with van der Waals surface area (Å²) in [5.74, 6) is 2.57. The maximum Gasteiger partial charge on any atom is 0.218 e. The van der Waals surface area contributed by atoms with Crippen molar-refractivity contribution in [1.29, 1.82) is 0 Å². The SMILES string of the molecule is COc1cc(NCCCSC)ncn1. The minimum atomic E-state index is 0.590. The van der Waals surface area contributed by atoms with Crippen LogP contribution < -0.4 is 10.1 Å². The molecule has 1 N–H and O–H groups in total. The number of ether oxygens (including phenoxy) is 1. The van der Waals surface area contributed by atoms with Gasteiger partial charge >= 0.3 is 0 Å². The highest BCUT2D eigenvalue weighted by Gasteiger charge is 1.96. The average molecular weight is 213 g/mol. The summed E-state index contributed by atoms with van der Waals surface area (Å²) in [6, 6.07) is 1.79. The standard InChI is InChI=1S/C9H15N3OS/c1-13-9-6-8(11-7-12-9)10-4-3-5-14-2/h6-7H,3-5H2,1-2H3,(H,10,11,12). The molecule has 0 radical (unpaired) electrons. The fourth-order valence-electron chi connectivity index (χ4n) is 0.981. The molecule has 78 valence electrons. The Hall–Kier alpha value is -0.970. The zero-order valence-electron chi connectivity index (χ0n) is 8.49. The molecule has 0 amide bonds. The maximum absolute atomic E-state index is 4.99. The maximum atomic E-state index is 4.99. The van der Waals surface area contributed by atoms with Crippen molar-refractivity contribution in [3.63, 3.8) is 0 Å². The van der Waals surface area contributed by atoms with Gasteiger partial charge in [0, 0.05) is 12.6 Å². The third kappa shape index (κ3) is 3.83. The highest BCUT2D eigenvalue weighted by molar-refractivity contribution is 7.98. The molecular formula is C9H15N3OS. The van der Waals surface area contributed by atoms with Crippen molar-refractivity contribution in [3.05, 3.63) is 12.4 Å². The topological polar surface area (TPSA) is 47.0 Å². The summed E-state index contributed by atoms with van der Waals surface area (Å²) >= 11 is 1.85. The van der Waals surface area contributed by atoms with Crippen molar-refractivity contribution in [1.82, 2.24) is 9.97 Å². The normalized spacial score (nSPS) is 9.86. The molecule has 0 spiro atoms. The number of rotatable bonds is 6. The lowest BCUT2D eigenvalue weighted by atomic mass is 10.4. The van der Waals surface area contributed by atoms with Crippen LogP contribution in [-0.4, -0.2) is 35.6 Å². The molecule has 1 heterocycles. The smallest absolute Gasteiger partial charge is 0.218 e. The molecule has 0 aliphatic heterocycles. The fourth-order valence-corrected chi connectivity index (χ4v) is 1.41. The number of methoxy groups -OCH3 is 1. The average Bonchev–Trinajstić information content (AvgIpc) is 2.25. The van der Waals surface area contributed by atoms with Gasteiger partial charge in [0.25, 0.3) is 0 Å². The van der Waals surface area contributed by atoms with Gasteiger partial charge in [0.1, 0.15) is 12.1 Å². The molecule has 0 aliphatic carbocycles. The summed E-state index contributed by atoms with van der Waals surface area (Å²) in [6.07, 6.45) is 4.73. The van der Waals surface area contributed by atoms with Crippen molar-refractivity contribution >= 4 is 17.6 Å². The molecule has 4 nitrogen and oxygen atoms in total. The summed E-state index contributed by atoms with van der Waals surface area (Å²) in [5.41, 5.74) is 0. The van der Waals surface area contributed by atoms with E-state index in [9.17, 15) is 0 Å². The van der Waals surface area contributed by atoms with Crippen molar-refractivity contribution < 1.29 is 4.74 Å². The van der Waals surface area contributed by atoms with E-state index in [4.69, 9.17) is 4.74 Å². The van der Waals surface area contributed by atoms with Crippen LogP contribution in [0.5, 0.6) is 5.88 Å². The van der Waals surface area contributed by atoms with Gasteiger partial charge in [-0.1, -0.05) is 0 Å². The Kier molecular flexibility index (Phi) is 5.14. The molecule has 1 rings (SSSR count). The monoisotopic (exact) mass is 213 g/mol. The lowest BCUT2D eigenvalue weighted by Crippen LogP contribution is -2.04. The molecule has 14 heavy (non-hydrogen) atoms. The molecule has 0 saturated carbocycles. The highest BCUT2D eigenvalue weighted by atomic mass is 32.2. The van der Waals surface area contributed by atoms with E-state index in [0.717, 1.165) is 24.5 Å². The Morgan fingerprint density at radius 1 is 1.50 bits per heavy atom. The van der Waals surface area contributed by atoms with Crippen LogP contribution in [0.25, 0.3) is 0 Å². The summed E-state index contributed by atoms with van der Waals surface area (Å²) in [5, 5.41) is 3.21. The lowest BCUT2D eigenvalue weighted by Gasteiger charge is -2.05. The number of nitrogens with zero attached hydrogens (tertiary/aromatic N) is 2. The third-order valence-corrected chi connectivity index (χ3v) is 2.38. The van der Waals surface area contributed by atoms with Gasteiger partial charge in [-0.25, -0.2) is 9.97 Å². The zero-order chi connectivity index (χ0) is 10.2. The molecule has 0 aliphatic rings. The van der Waals surface area contributed by atoms with E-state index in [-0.39, 0.29) is 0 Å². The summed E-state index contributed by atoms with van der Waals surface area (Å²) in [4.78, 5) is 8.00. The number of hydrogen-bond acceptors (Lipinski definition) is 5. The van der Waals surface area contributed by atoms with Gasteiger partial charge in [-0.3, -0.25) is 0 Å². The van der Waals surface area contributed by atoms with Crippen LogP contribution in [0.4, 0.5) is 5.82 Å². The van der Waals surface area contributed by atoms with Crippen LogP contribution >= 0.6 is 11.8 Å². The highest BCUT2D eigenvalue weighted by Crippen LogP contribution is 2.09. The van der Waals surface area contributed by atoms with E-state index < -0.39 is 0 Å². The Morgan fingerprint density at radius 2 is 2.36 bits per heavy atom. The van der Waals surface area contributed by atoms with Crippen LogP contribution in [0.1, 0.15) is 6.42 Å². The Labute approximate surface area is 88.5 Å². The van der Waals surface area contributed by atoms with E-state index in [1.54, 1.807) is 13.2 Å². The van der Waals surface area contributed by atoms with Crippen molar-refractivity contribution in [3.8, 4) is 5.88 Å². The number of hydrogen-bond donors (Lipinski definition) is 1. The van der Waals surface area contributed by atoms with Crippen LogP contribution in [-0.2, 0) is 0 Å². The molecule has 0 saturated heterocycles. The summed E-state index contributed by atoms with van der Waals surface area (Å²) in [7, 11) is 1.60. The van der Waals surface area contributed by atoms with Gasteiger partial charge in [0.2, 0.25) is 5.88 Å². The molecule has 0 bridgehead atoms. The molecule has 0 aromatic carbocycles. The van der Waals surface area contributed by atoms with Gasteiger partial charge in [0.05, 0.1) is 7.11 Å². The van der Waals surface area contributed by atoms with Gasteiger partial charge in [-0.05, 0) is 18.4 Å². The summed E-state index contributed by atoms with van der Waals surface area (Å²) < 4.78 is 4.99. The minimum absolute atomic E-state index is 0.590. The second kappa shape index (κ2) is 6.48. The van der Waals surface area contributed by atoms with Crippen molar-refractivity contribution in [2.75, 3.05) is 31.0 Å². The molecule has 0 unspecified atom stereocenters. The second-order valence-electron chi connectivity index (χ2n) is 2.72. The van der Waals surface area contributed by atoms with Crippen molar-refractivity contribution in [2.45, 2.75) is 6.42 Å². The molecule has 1 aromatic rings. The first-order valence-corrected chi connectivity index (χ1v) is 5.85. The fraction of sp³-hybridized carbons (Fsp3) is 0.556. The number of aromatic nitrogens is 2. The molecule has 0 fully saturated rings. The van der Waals surface area contributed by atoms with E-state index in [2.05, 4.69) is 21.5 Å². The molecular weight excluding hydrogens is 198 g/mol. The Balaban J connectivity index is 2.34. The quantitative estimate of drug-likeness (QED) is 0.728. The second-order valence-corrected chi connectivity index (χ2v) is 3.70. The predicted molar refractivity (Wildman–Crippen MR) is 60.1 cm³/mol. The minimum Gasteiger partial charge on any atom is -0.481 e. The van der Waals surface area contributed by atoms with Gasteiger partial charge in [-0.15, -0.1) is 0 Å². The van der Waals surface area contributed by atoms with Gasteiger partial charge < -0.3 is 10.1 Å². The Bertz CT molecular complexity index is 270. The van der Waals surface area contributed by atoms with E-state index in [1.807, 2.05) is 11.8 Å². The molecule has 1 aromatic heterocycles.